The smallest absolute Gasteiger partial charge is 0.255 e. The van der Waals surface area contributed by atoms with Crippen molar-refractivity contribution in [2.75, 3.05) is 10.6 Å². The van der Waals surface area contributed by atoms with Crippen molar-refractivity contribution in [1.82, 2.24) is 19.5 Å². The van der Waals surface area contributed by atoms with Crippen LogP contribution in [0.2, 0.25) is 0 Å². The van der Waals surface area contributed by atoms with Gasteiger partial charge in [0.15, 0.2) is 0 Å². The molecule has 1 amide bonds. The third-order valence-electron chi connectivity index (χ3n) is 5.45. The highest BCUT2D eigenvalue weighted by molar-refractivity contribution is 6.04. The maximum absolute atomic E-state index is 13.5. The van der Waals surface area contributed by atoms with Crippen LogP contribution in [0.15, 0.2) is 97.7 Å². The van der Waals surface area contributed by atoms with Gasteiger partial charge in [-0.15, -0.1) is 0 Å². The van der Waals surface area contributed by atoms with Gasteiger partial charge in [-0.2, -0.15) is 0 Å². The van der Waals surface area contributed by atoms with E-state index in [1.807, 2.05) is 54.1 Å². The Morgan fingerprint density at radius 1 is 0.971 bits per heavy atom. The minimum Gasteiger partial charge on any atom is -0.324 e. The van der Waals surface area contributed by atoms with Crippen molar-refractivity contribution >= 4 is 23.2 Å². The number of carbonyl (C=O) groups is 1. The van der Waals surface area contributed by atoms with E-state index in [1.165, 1.54) is 18.2 Å². The Labute approximate surface area is 201 Å². The number of hydrogen-bond donors (Lipinski definition) is 2. The first kappa shape index (κ1) is 22.0. The van der Waals surface area contributed by atoms with E-state index >= 15 is 0 Å². The number of anilines is 3. The number of halogens is 1. The molecule has 35 heavy (non-hydrogen) atoms. The number of hydrogen-bond acceptors (Lipinski definition) is 5. The van der Waals surface area contributed by atoms with Crippen LogP contribution in [0.25, 0.3) is 16.9 Å². The van der Waals surface area contributed by atoms with E-state index in [9.17, 15) is 9.18 Å². The molecular formula is C27H21FN6O. The topological polar surface area (TPSA) is 84.7 Å². The number of nitrogens with one attached hydrogen (secondary N) is 2. The number of amides is 1. The molecule has 5 aromatic rings. The van der Waals surface area contributed by atoms with Crippen LogP contribution in [0.4, 0.5) is 21.7 Å². The van der Waals surface area contributed by atoms with Gasteiger partial charge in [-0.25, -0.2) is 19.3 Å². The number of aromatic nitrogens is 4. The third kappa shape index (κ3) is 5.06. The normalized spacial score (nSPS) is 10.7. The first-order valence-electron chi connectivity index (χ1n) is 10.9. The average molecular weight is 465 g/mol. The summed E-state index contributed by atoms with van der Waals surface area (Å²) in [4.78, 5) is 25.6. The number of carbonyl (C=O) groups excluding carboxylic acids is 1. The summed E-state index contributed by atoms with van der Waals surface area (Å²) in [5, 5.41) is 6.03. The molecule has 2 aromatic heterocycles. The molecule has 3 aromatic carbocycles. The van der Waals surface area contributed by atoms with Crippen molar-refractivity contribution in [3.8, 4) is 16.9 Å². The Balaban J connectivity index is 1.34. The molecule has 0 saturated carbocycles. The average Bonchev–Trinajstić information content (AvgIpc) is 3.41. The summed E-state index contributed by atoms with van der Waals surface area (Å²) >= 11 is 0. The number of aryl methyl sites for hydroxylation is 1. The fourth-order valence-corrected chi connectivity index (χ4v) is 3.58. The number of imidazole rings is 1. The van der Waals surface area contributed by atoms with Crippen molar-refractivity contribution in [2.24, 2.45) is 0 Å². The summed E-state index contributed by atoms with van der Waals surface area (Å²) < 4.78 is 15.4. The Morgan fingerprint density at radius 3 is 2.60 bits per heavy atom. The van der Waals surface area contributed by atoms with Crippen molar-refractivity contribution in [3.05, 3.63) is 115 Å². The van der Waals surface area contributed by atoms with Crippen LogP contribution in [0.5, 0.6) is 0 Å². The summed E-state index contributed by atoms with van der Waals surface area (Å²) in [7, 11) is 0. The van der Waals surface area contributed by atoms with Gasteiger partial charge < -0.3 is 15.2 Å². The van der Waals surface area contributed by atoms with E-state index < -0.39 is 11.7 Å². The van der Waals surface area contributed by atoms with Gasteiger partial charge in [-0.3, -0.25) is 4.79 Å². The van der Waals surface area contributed by atoms with E-state index in [4.69, 9.17) is 0 Å². The van der Waals surface area contributed by atoms with Crippen molar-refractivity contribution < 1.29 is 9.18 Å². The zero-order valence-electron chi connectivity index (χ0n) is 18.8. The highest BCUT2D eigenvalue weighted by Crippen LogP contribution is 2.25. The van der Waals surface area contributed by atoms with Crippen LogP contribution in [0.3, 0.4) is 0 Å². The Bertz CT molecular complexity index is 1480. The quantitative estimate of drug-likeness (QED) is 0.333. The third-order valence-corrected chi connectivity index (χ3v) is 5.45. The van der Waals surface area contributed by atoms with Crippen LogP contribution in [-0.4, -0.2) is 25.4 Å². The van der Waals surface area contributed by atoms with Gasteiger partial charge in [0, 0.05) is 46.8 Å². The van der Waals surface area contributed by atoms with Gasteiger partial charge in [0.05, 0.1) is 12.0 Å². The molecule has 0 unspecified atom stereocenters. The Kier molecular flexibility index (Phi) is 6.00. The van der Waals surface area contributed by atoms with E-state index in [2.05, 4.69) is 25.6 Å². The largest absolute Gasteiger partial charge is 0.324 e. The van der Waals surface area contributed by atoms with E-state index in [0.717, 1.165) is 28.2 Å². The standard InChI is InChI=1S/C27H21FN6O/c1-18-5-8-22(31-26(35)20-3-2-4-21(28)15-20)16-25(18)33-27-30-12-11-24(32-27)19-6-9-23(10-7-19)34-14-13-29-17-34/h2-17H,1H3,(H,31,35)(H,30,32,33). The number of rotatable bonds is 6. The van der Waals surface area contributed by atoms with Gasteiger partial charge in [0.1, 0.15) is 5.82 Å². The molecule has 0 fully saturated rings. The van der Waals surface area contributed by atoms with Gasteiger partial charge in [-0.1, -0.05) is 24.3 Å². The van der Waals surface area contributed by atoms with E-state index in [0.29, 0.717) is 11.6 Å². The molecule has 0 spiro atoms. The molecule has 2 N–H and O–H groups in total. The maximum atomic E-state index is 13.5. The SMILES string of the molecule is Cc1ccc(NC(=O)c2cccc(F)c2)cc1Nc1nccc(-c2ccc(-n3ccnc3)cc2)n1. The second-order valence-corrected chi connectivity index (χ2v) is 7.90. The van der Waals surface area contributed by atoms with Gasteiger partial charge in [-0.05, 0) is 61.0 Å². The summed E-state index contributed by atoms with van der Waals surface area (Å²) in [6, 6.07) is 20.9. The lowest BCUT2D eigenvalue weighted by Gasteiger charge is -2.12. The molecule has 172 valence electrons. The van der Waals surface area contributed by atoms with Gasteiger partial charge in [0.2, 0.25) is 5.95 Å². The zero-order chi connectivity index (χ0) is 24.2. The Hall–Kier alpha value is -4.85. The first-order chi connectivity index (χ1) is 17.0. The Morgan fingerprint density at radius 2 is 1.83 bits per heavy atom. The lowest BCUT2D eigenvalue weighted by atomic mass is 10.1. The lowest BCUT2D eigenvalue weighted by Crippen LogP contribution is -2.12. The minimum absolute atomic E-state index is 0.246. The maximum Gasteiger partial charge on any atom is 0.255 e. The zero-order valence-corrected chi connectivity index (χ0v) is 18.8. The van der Waals surface area contributed by atoms with Crippen LogP contribution >= 0.6 is 0 Å². The molecule has 2 heterocycles. The van der Waals surface area contributed by atoms with E-state index in [1.54, 1.807) is 36.9 Å². The van der Waals surface area contributed by atoms with Crippen molar-refractivity contribution in [1.29, 1.82) is 0 Å². The molecule has 0 aliphatic rings. The minimum atomic E-state index is -0.461. The fourth-order valence-electron chi connectivity index (χ4n) is 3.58. The second-order valence-electron chi connectivity index (χ2n) is 7.90. The van der Waals surface area contributed by atoms with Crippen molar-refractivity contribution in [2.45, 2.75) is 6.92 Å². The second kappa shape index (κ2) is 9.56. The monoisotopic (exact) mass is 464 g/mol. The van der Waals surface area contributed by atoms with Gasteiger partial charge in [0.25, 0.3) is 5.91 Å². The fraction of sp³-hybridized carbons (Fsp3) is 0.0370. The van der Waals surface area contributed by atoms with Crippen molar-refractivity contribution in [3.63, 3.8) is 0 Å². The molecule has 0 aliphatic carbocycles. The summed E-state index contributed by atoms with van der Waals surface area (Å²) in [5.41, 5.74) is 5.24. The molecule has 0 bridgehead atoms. The van der Waals surface area contributed by atoms with Gasteiger partial charge >= 0.3 is 0 Å². The number of nitrogens with zero attached hydrogens (tertiary/aromatic N) is 4. The molecule has 0 saturated heterocycles. The summed E-state index contributed by atoms with van der Waals surface area (Å²) in [5.74, 6) is -0.424. The summed E-state index contributed by atoms with van der Waals surface area (Å²) in [6.45, 7) is 1.94. The molecule has 0 atom stereocenters. The number of benzene rings is 3. The highest BCUT2D eigenvalue weighted by Gasteiger charge is 2.10. The van der Waals surface area contributed by atoms with Crippen LogP contribution < -0.4 is 10.6 Å². The first-order valence-corrected chi connectivity index (χ1v) is 10.9. The van der Waals surface area contributed by atoms with Crippen LogP contribution in [-0.2, 0) is 0 Å². The predicted octanol–water partition coefficient (Wildman–Crippen LogP) is 5.77. The molecular weight excluding hydrogens is 443 g/mol. The molecule has 8 heteroatoms. The highest BCUT2D eigenvalue weighted by atomic mass is 19.1. The van der Waals surface area contributed by atoms with Crippen LogP contribution in [0, 0.1) is 12.7 Å². The molecule has 7 nitrogen and oxygen atoms in total. The molecule has 0 radical (unpaired) electrons. The molecule has 0 aliphatic heterocycles. The van der Waals surface area contributed by atoms with E-state index in [-0.39, 0.29) is 5.56 Å². The lowest BCUT2D eigenvalue weighted by molar-refractivity contribution is 0.102. The molecule has 5 rings (SSSR count). The predicted molar refractivity (Wildman–Crippen MR) is 133 cm³/mol. The summed E-state index contributed by atoms with van der Waals surface area (Å²) in [6.07, 6.45) is 7.07. The van der Waals surface area contributed by atoms with Crippen LogP contribution in [0.1, 0.15) is 15.9 Å².